The number of nitrogens with zero attached hydrogens (tertiary/aromatic N) is 1. The Hall–Kier alpha value is -1.67. The first kappa shape index (κ1) is 14.7. The molecule has 2 rings (SSSR count). The van der Waals surface area contributed by atoms with Crippen LogP contribution in [0.25, 0.3) is 0 Å². The van der Waals surface area contributed by atoms with Crippen molar-refractivity contribution in [3.8, 4) is 0 Å². The largest absolute Gasteiger partial charge is 0.431 e. The van der Waals surface area contributed by atoms with Gasteiger partial charge in [-0.2, -0.15) is 4.98 Å². The molecule has 1 aromatic carbocycles. The number of nitrogens with two attached hydrogens (primary N) is 1. The van der Waals surface area contributed by atoms with Crippen molar-refractivity contribution in [1.82, 2.24) is 4.98 Å². The molecule has 1 aromatic heterocycles. The quantitative estimate of drug-likeness (QED) is 0.626. The molecule has 0 saturated heterocycles. The lowest BCUT2D eigenvalue weighted by Crippen LogP contribution is -2.18. The minimum atomic E-state index is -3.46. The van der Waals surface area contributed by atoms with E-state index in [2.05, 4.69) is 9.71 Å². The minimum absolute atomic E-state index is 0.00328. The van der Waals surface area contributed by atoms with Gasteiger partial charge in [-0.1, -0.05) is 6.07 Å². The zero-order valence-corrected chi connectivity index (χ0v) is 12.5. The minimum Gasteiger partial charge on any atom is -0.431 e. The van der Waals surface area contributed by atoms with E-state index in [4.69, 9.17) is 10.2 Å². The molecule has 0 aliphatic heterocycles. The first-order chi connectivity index (χ1) is 9.44. The third-order valence-electron chi connectivity index (χ3n) is 2.34. The van der Waals surface area contributed by atoms with Crippen molar-refractivity contribution in [2.75, 3.05) is 22.0 Å². The normalized spacial score (nSPS) is 11.4. The molecule has 0 spiro atoms. The molecule has 0 unspecified atom stereocenters. The van der Waals surface area contributed by atoms with Gasteiger partial charge in [-0.3, -0.25) is 0 Å². The molecule has 0 bridgehead atoms. The van der Waals surface area contributed by atoms with Crippen molar-refractivity contribution >= 4 is 33.5 Å². The molecule has 0 aliphatic rings. The lowest BCUT2D eigenvalue weighted by molar-refractivity contribution is 0.570. The van der Waals surface area contributed by atoms with Gasteiger partial charge in [0.15, 0.2) is 0 Å². The zero-order chi connectivity index (χ0) is 14.6. The van der Waals surface area contributed by atoms with Gasteiger partial charge in [-0.25, -0.2) is 13.1 Å². The van der Waals surface area contributed by atoms with E-state index in [0.29, 0.717) is 17.1 Å². The van der Waals surface area contributed by atoms with E-state index in [1.165, 1.54) is 18.0 Å². The van der Waals surface area contributed by atoms with Crippen molar-refractivity contribution < 1.29 is 12.8 Å². The maximum atomic E-state index is 11.8. The second kappa shape index (κ2) is 6.19. The number of hydrogen-bond acceptors (Lipinski definition) is 6. The zero-order valence-electron chi connectivity index (χ0n) is 10.9. The van der Waals surface area contributed by atoms with Crippen LogP contribution in [0.15, 0.2) is 39.8 Å². The molecule has 0 aliphatic carbocycles. The topological polar surface area (TPSA) is 98.2 Å². The van der Waals surface area contributed by atoms with Crippen LogP contribution in [-0.4, -0.2) is 24.9 Å². The lowest BCUT2D eigenvalue weighted by Gasteiger charge is -2.05. The Bertz CT molecular complexity index is 683. The van der Waals surface area contributed by atoms with Crippen LogP contribution < -0.4 is 10.5 Å². The van der Waals surface area contributed by atoms with Crippen molar-refractivity contribution in [3.05, 3.63) is 36.2 Å². The molecule has 6 nitrogen and oxygen atoms in total. The predicted molar refractivity (Wildman–Crippen MR) is 80.2 cm³/mol. The van der Waals surface area contributed by atoms with E-state index in [0.717, 1.165) is 4.90 Å². The van der Waals surface area contributed by atoms with Gasteiger partial charge in [0.2, 0.25) is 10.0 Å². The van der Waals surface area contributed by atoms with Gasteiger partial charge in [0.25, 0.3) is 0 Å². The average molecular weight is 313 g/mol. The number of oxazole rings is 1. The van der Waals surface area contributed by atoms with Crippen molar-refractivity contribution in [2.24, 2.45) is 0 Å². The number of nitrogen functional groups attached to an aromatic ring is 1. The first-order valence-electron chi connectivity index (χ1n) is 5.85. The smallest absolute Gasteiger partial charge is 0.308 e. The number of aromatic nitrogens is 1. The Kier molecular flexibility index (Phi) is 4.56. The average Bonchev–Trinajstić information content (AvgIpc) is 2.73. The maximum absolute atomic E-state index is 11.8. The van der Waals surface area contributed by atoms with Gasteiger partial charge >= 0.3 is 6.01 Å². The molecule has 20 heavy (non-hydrogen) atoms. The number of sulfonamides is 1. The molecule has 0 fully saturated rings. The van der Waals surface area contributed by atoms with Gasteiger partial charge in [-0.05, 0) is 25.1 Å². The Labute approximate surface area is 121 Å². The molecule has 1 heterocycles. The fraction of sp³-hybridized carbons (Fsp3) is 0.250. The Morgan fingerprint density at radius 2 is 2.25 bits per heavy atom. The molecular weight excluding hydrogens is 298 g/mol. The molecule has 0 saturated carbocycles. The van der Waals surface area contributed by atoms with Crippen molar-refractivity contribution in [2.45, 2.75) is 11.8 Å². The number of hydrogen-bond donors (Lipinski definition) is 2. The summed E-state index contributed by atoms with van der Waals surface area (Å²) in [6, 6.07) is 7.31. The monoisotopic (exact) mass is 313 g/mol. The van der Waals surface area contributed by atoms with Gasteiger partial charge in [0.1, 0.15) is 6.26 Å². The van der Waals surface area contributed by atoms with E-state index >= 15 is 0 Å². The van der Waals surface area contributed by atoms with E-state index in [1.807, 2.05) is 18.2 Å². The highest BCUT2D eigenvalue weighted by Gasteiger charge is 2.13. The van der Waals surface area contributed by atoms with Gasteiger partial charge in [0, 0.05) is 16.3 Å². The number of rotatable bonds is 6. The summed E-state index contributed by atoms with van der Waals surface area (Å²) in [5, 5.41) is 0. The molecule has 0 atom stereocenters. The van der Waals surface area contributed by atoms with Crippen LogP contribution in [0.3, 0.4) is 0 Å². The molecule has 8 heteroatoms. The van der Waals surface area contributed by atoms with Crippen LogP contribution in [0, 0.1) is 6.92 Å². The lowest BCUT2D eigenvalue weighted by atomic mass is 10.3. The first-order valence-corrected chi connectivity index (χ1v) is 8.49. The fourth-order valence-corrected chi connectivity index (χ4v) is 3.76. The summed E-state index contributed by atoms with van der Waals surface area (Å²) < 4.78 is 30.9. The summed E-state index contributed by atoms with van der Waals surface area (Å²) >= 11 is 1.43. The van der Waals surface area contributed by atoms with E-state index in [1.54, 1.807) is 13.0 Å². The van der Waals surface area contributed by atoms with Crippen LogP contribution >= 0.6 is 11.8 Å². The molecule has 0 radical (unpaired) electrons. The SMILES string of the molecule is Cc1coc(NS(=O)(=O)CCSc2cccc(N)c2)n1. The van der Waals surface area contributed by atoms with Crippen LogP contribution in [0.1, 0.15) is 5.69 Å². The second-order valence-corrected chi connectivity index (χ2v) is 7.15. The second-order valence-electron chi connectivity index (χ2n) is 4.14. The Balaban J connectivity index is 1.86. The highest BCUT2D eigenvalue weighted by molar-refractivity contribution is 8.01. The van der Waals surface area contributed by atoms with Gasteiger partial charge in [0.05, 0.1) is 11.4 Å². The predicted octanol–water partition coefficient (Wildman–Crippen LogP) is 2.10. The van der Waals surface area contributed by atoms with Crippen LogP contribution in [0.5, 0.6) is 0 Å². The molecular formula is C12H15N3O3S2. The number of anilines is 2. The summed E-state index contributed by atoms with van der Waals surface area (Å²) in [6.45, 7) is 1.72. The van der Waals surface area contributed by atoms with E-state index < -0.39 is 10.0 Å². The van der Waals surface area contributed by atoms with Crippen molar-refractivity contribution in [3.63, 3.8) is 0 Å². The number of aryl methyl sites for hydroxylation is 1. The molecule has 2 aromatic rings. The number of thioether (sulfide) groups is 1. The third-order valence-corrected chi connectivity index (χ3v) is 4.82. The molecule has 108 valence electrons. The summed E-state index contributed by atoms with van der Waals surface area (Å²) in [5.74, 6) is 0.381. The summed E-state index contributed by atoms with van der Waals surface area (Å²) in [7, 11) is -3.46. The highest BCUT2D eigenvalue weighted by Crippen LogP contribution is 2.20. The standard InChI is InChI=1S/C12H15N3O3S2/c1-9-8-18-12(14-9)15-20(16,17)6-5-19-11-4-2-3-10(13)7-11/h2-4,7-8H,5-6,13H2,1H3,(H,14,15). The summed E-state index contributed by atoms with van der Waals surface area (Å²) in [5.41, 5.74) is 6.94. The van der Waals surface area contributed by atoms with Crippen molar-refractivity contribution in [1.29, 1.82) is 0 Å². The Morgan fingerprint density at radius 1 is 1.45 bits per heavy atom. The number of nitrogens with one attached hydrogen (secondary N) is 1. The summed E-state index contributed by atoms with van der Waals surface area (Å²) in [6.07, 6.45) is 1.39. The molecule has 3 N–H and O–H groups in total. The van der Waals surface area contributed by atoms with E-state index in [-0.39, 0.29) is 11.8 Å². The van der Waals surface area contributed by atoms with Gasteiger partial charge in [-0.15, -0.1) is 11.8 Å². The van der Waals surface area contributed by atoms with Crippen LogP contribution in [-0.2, 0) is 10.0 Å². The van der Waals surface area contributed by atoms with Gasteiger partial charge < -0.3 is 10.2 Å². The maximum Gasteiger partial charge on any atom is 0.308 e. The third kappa shape index (κ3) is 4.46. The fourth-order valence-electron chi connectivity index (χ4n) is 1.46. The van der Waals surface area contributed by atoms with Crippen LogP contribution in [0.2, 0.25) is 0 Å². The van der Waals surface area contributed by atoms with E-state index in [9.17, 15) is 8.42 Å². The Morgan fingerprint density at radius 3 is 2.90 bits per heavy atom. The highest BCUT2D eigenvalue weighted by atomic mass is 32.2. The van der Waals surface area contributed by atoms with Crippen LogP contribution in [0.4, 0.5) is 11.7 Å². The number of benzene rings is 1. The summed E-state index contributed by atoms with van der Waals surface area (Å²) in [4.78, 5) is 4.83. The molecule has 0 amide bonds.